The number of hydrogen-bond acceptors (Lipinski definition) is 4. The van der Waals surface area contributed by atoms with Gasteiger partial charge in [0, 0.05) is 5.56 Å². The van der Waals surface area contributed by atoms with Crippen LogP contribution in [0.4, 0.5) is 0 Å². The molecule has 0 aromatic heterocycles. The molecule has 0 heterocycles. The largest absolute Gasteiger partial charge is 0.492 e. The second-order valence-corrected chi connectivity index (χ2v) is 8.47. The lowest BCUT2D eigenvalue weighted by Gasteiger charge is -2.12. The van der Waals surface area contributed by atoms with Gasteiger partial charge >= 0.3 is 0 Å². The molecule has 0 fully saturated rings. The lowest BCUT2D eigenvalue weighted by molar-refractivity contribution is -0.123. The molecule has 2 rings (SSSR count). The number of hydrogen-bond donors (Lipinski definition) is 2. The highest BCUT2D eigenvalue weighted by Gasteiger charge is 2.12. The summed E-state index contributed by atoms with van der Waals surface area (Å²) in [6, 6.07) is 10.7. The van der Waals surface area contributed by atoms with Crippen LogP contribution in [0.5, 0.6) is 11.5 Å². The minimum Gasteiger partial charge on any atom is -0.492 e. The molecule has 2 N–H and O–H groups in total. The predicted octanol–water partition coefficient (Wildman–Crippen LogP) is 4.65. The highest BCUT2D eigenvalue weighted by molar-refractivity contribution is 9.10. The number of hydrazine groups is 1. The molecule has 8 heteroatoms. The van der Waals surface area contributed by atoms with E-state index >= 15 is 0 Å². The van der Waals surface area contributed by atoms with Crippen molar-refractivity contribution in [1.29, 1.82) is 0 Å². The van der Waals surface area contributed by atoms with Crippen LogP contribution in [0.25, 0.3) is 0 Å². The lowest BCUT2D eigenvalue weighted by atomic mass is 10.2. The Bertz CT molecular complexity index is 872. The number of halogens is 2. The summed E-state index contributed by atoms with van der Waals surface area (Å²) < 4.78 is 12.6. The summed E-state index contributed by atoms with van der Waals surface area (Å²) in [7, 11) is 0. The Morgan fingerprint density at radius 2 is 1.62 bits per heavy atom. The molecule has 0 saturated heterocycles. The maximum atomic E-state index is 12.2. The molecule has 156 valence electrons. The van der Waals surface area contributed by atoms with E-state index in [2.05, 4.69) is 63.5 Å². The second kappa shape index (κ2) is 11.2. The molecule has 2 amide bonds. The molecule has 0 atom stereocenters. The Balaban J connectivity index is 1.83. The first-order valence-electron chi connectivity index (χ1n) is 9.23. The van der Waals surface area contributed by atoms with Gasteiger partial charge < -0.3 is 9.47 Å². The molecule has 0 spiro atoms. The average molecular weight is 528 g/mol. The summed E-state index contributed by atoms with van der Waals surface area (Å²) in [5.74, 6) is 0.702. The van der Waals surface area contributed by atoms with Crippen molar-refractivity contribution in [3.05, 3.63) is 56.5 Å². The summed E-state index contributed by atoms with van der Waals surface area (Å²) in [6.45, 7) is 6.53. The van der Waals surface area contributed by atoms with Gasteiger partial charge in [-0.3, -0.25) is 20.4 Å². The van der Waals surface area contributed by atoms with Gasteiger partial charge in [-0.05, 0) is 80.1 Å². The molecule has 0 saturated carbocycles. The minimum absolute atomic E-state index is 0.226. The fraction of sp³-hybridized carbons (Fsp3) is 0.333. The monoisotopic (exact) mass is 526 g/mol. The first kappa shape index (κ1) is 23.2. The van der Waals surface area contributed by atoms with Crippen molar-refractivity contribution in [3.8, 4) is 11.5 Å². The minimum atomic E-state index is -0.472. The zero-order chi connectivity index (χ0) is 21.4. The van der Waals surface area contributed by atoms with Gasteiger partial charge in [0.15, 0.2) is 6.61 Å². The van der Waals surface area contributed by atoms with E-state index < -0.39 is 11.8 Å². The maximum absolute atomic E-state index is 12.2. The number of aryl methyl sites for hydroxylation is 1. The van der Waals surface area contributed by atoms with Crippen molar-refractivity contribution in [3.63, 3.8) is 0 Å². The number of amides is 2. The Kier molecular flexibility index (Phi) is 8.98. The van der Waals surface area contributed by atoms with Crippen LogP contribution in [0.2, 0.25) is 0 Å². The molecule has 0 aliphatic carbocycles. The Morgan fingerprint density at radius 1 is 0.966 bits per heavy atom. The molecular weight excluding hydrogens is 504 g/mol. The number of ether oxygens (including phenoxy) is 2. The van der Waals surface area contributed by atoms with Crippen LogP contribution < -0.4 is 20.3 Å². The third-order valence-electron chi connectivity index (χ3n) is 3.84. The van der Waals surface area contributed by atoms with Gasteiger partial charge in [-0.1, -0.05) is 26.8 Å². The van der Waals surface area contributed by atoms with Crippen LogP contribution in [-0.2, 0) is 11.2 Å². The molecule has 0 radical (unpaired) electrons. The summed E-state index contributed by atoms with van der Waals surface area (Å²) in [5, 5.41) is 0. The van der Waals surface area contributed by atoms with Gasteiger partial charge in [0.05, 0.1) is 15.6 Å². The van der Waals surface area contributed by atoms with Gasteiger partial charge in [0.25, 0.3) is 11.8 Å². The summed E-state index contributed by atoms with van der Waals surface area (Å²) in [5.41, 5.74) is 6.26. The van der Waals surface area contributed by atoms with Crippen molar-refractivity contribution >= 4 is 43.7 Å². The van der Waals surface area contributed by atoms with Gasteiger partial charge in [-0.15, -0.1) is 0 Å². The van der Waals surface area contributed by atoms with Crippen LogP contribution in [0, 0.1) is 5.92 Å². The SMILES string of the molecule is CCc1ccc(OCC(=O)NNC(=O)c2ccc(OCC(C)C)c(Br)c2)c(Br)c1. The van der Waals surface area contributed by atoms with E-state index in [1.165, 1.54) is 0 Å². The first-order chi connectivity index (χ1) is 13.8. The van der Waals surface area contributed by atoms with E-state index in [0.29, 0.717) is 34.1 Å². The number of carbonyl (C=O) groups excluding carboxylic acids is 2. The number of nitrogens with one attached hydrogen (secondary N) is 2. The molecule has 0 unspecified atom stereocenters. The molecule has 6 nitrogen and oxygen atoms in total. The van der Waals surface area contributed by atoms with E-state index in [1.807, 2.05) is 12.1 Å². The molecule has 2 aromatic rings. The normalized spacial score (nSPS) is 10.6. The van der Waals surface area contributed by atoms with Gasteiger partial charge in [0.1, 0.15) is 11.5 Å². The summed E-state index contributed by atoms with van der Waals surface area (Å²) >= 11 is 6.82. The zero-order valence-electron chi connectivity index (χ0n) is 16.6. The van der Waals surface area contributed by atoms with Crippen molar-refractivity contribution in [2.45, 2.75) is 27.2 Å². The lowest BCUT2D eigenvalue weighted by Crippen LogP contribution is -2.43. The van der Waals surface area contributed by atoms with Crippen LogP contribution in [0.3, 0.4) is 0 Å². The highest BCUT2D eigenvalue weighted by atomic mass is 79.9. The Morgan fingerprint density at radius 3 is 2.24 bits per heavy atom. The van der Waals surface area contributed by atoms with Crippen molar-refractivity contribution in [2.75, 3.05) is 13.2 Å². The summed E-state index contributed by atoms with van der Waals surface area (Å²) in [4.78, 5) is 24.2. The van der Waals surface area contributed by atoms with Crippen molar-refractivity contribution in [2.24, 2.45) is 5.92 Å². The third-order valence-corrected chi connectivity index (χ3v) is 5.08. The smallest absolute Gasteiger partial charge is 0.276 e. The number of carbonyl (C=O) groups is 2. The quantitative estimate of drug-likeness (QED) is 0.490. The van der Waals surface area contributed by atoms with Crippen LogP contribution in [0.1, 0.15) is 36.7 Å². The molecular formula is C21H24Br2N2O4. The van der Waals surface area contributed by atoms with E-state index in [4.69, 9.17) is 9.47 Å². The van der Waals surface area contributed by atoms with E-state index in [9.17, 15) is 9.59 Å². The molecule has 0 aliphatic heterocycles. The van der Waals surface area contributed by atoms with Crippen molar-refractivity contribution < 1.29 is 19.1 Å². The topological polar surface area (TPSA) is 76.7 Å². The molecule has 2 aromatic carbocycles. The first-order valence-corrected chi connectivity index (χ1v) is 10.8. The summed E-state index contributed by atoms with van der Waals surface area (Å²) in [6.07, 6.45) is 0.909. The van der Waals surface area contributed by atoms with E-state index in [1.54, 1.807) is 24.3 Å². The zero-order valence-corrected chi connectivity index (χ0v) is 19.7. The van der Waals surface area contributed by atoms with E-state index in [-0.39, 0.29) is 6.61 Å². The predicted molar refractivity (Wildman–Crippen MR) is 119 cm³/mol. The maximum Gasteiger partial charge on any atom is 0.276 e. The molecule has 0 bridgehead atoms. The van der Waals surface area contributed by atoms with Crippen molar-refractivity contribution in [1.82, 2.24) is 10.9 Å². The number of benzene rings is 2. The number of rotatable bonds is 8. The Hall–Kier alpha value is -2.06. The second-order valence-electron chi connectivity index (χ2n) is 6.76. The average Bonchev–Trinajstić information content (AvgIpc) is 2.69. The van der Waals surface area contributed by atoms with E-state index in [0.717, 1.165) is 16.5 Å². The fourth-order valence-electron chi connectivity index (χ4n) is 2.27. The molecule has 0 aliphatic rings. The molecule has 29 heavy (non-hydrogen) atoms. The van der Waals surface area contributed by atoms with Crippen LogP contribution >= 0.6 is 31.9 Å². The van der Waals surface area contributed by atoms with Gasteiger partial charge in [-0.2, -0.15) is 0 Å². The van der Waals surface area contributed by atoms with Gasteiger partial charge in [-0.25, -0.2) is 0 Å². The van der Waals surface area contributed by atoms with Crippen LogP contribution in [-0.4, -0.2) is 25.0 Å². The van der Waals surface area contributed by atoms with Gasteiger partial charge in [0.2, 0.25) is 0 Å². The highest BCUT2D eigenvalue weighted by Crippen LogP contribution is 2.27. The third kappa shape index (κ3) is 7.36. The fourth-order valence-corrected chi connectivity index (χ4v) is 3.31. The Labute approximate surface area is 187 Å². The standard InChI is InChI=1S/C21H24Br2N2O4/c1-4-14-5-7-18(16(22)9-14)29-12-20(26)24-25-21(27)15-6-8-19(17(23)10-15)28-11-13(2)3/h5-10,13H,4,11-12H2,1-3H3,(H,24,26)(H,25,27). The van der Waals surface area contributed by atoms with Crippen LogP contribution in [0.15, 0.2) is 45.3 Å².